The third kappa shape index (κ3) is 5.72. The van der Waals surface area contributed by atoms with Crippen LogP contribution >= 0.6 is 0 Å². The maximum absolute atomic E-state index is 9.61. The van der Waals surface area contributed by atoms with E-state index in [4.69, 9.17) is 9.47 Å². The van der Waals surface area contributed by atoms with Gasteiger partial charge in [-0.1, -0.05) is 19.8 Å². The Labute approximate surface area is 86.1 Å². The van der Waals surface area contributed by atoms with Gasteiger partial charge in [-0.05, 0) is 6.04 Å². The van der Waals surface area contributed by atoms with Crippen LogP contribution in [0.2, 0.25) is 12.1 Å². The molecule has 14 heavy (non-hydrogen) atoms. The molecule has 5 heteroatoms. The van der Waals surface area contributed by atoms with Crippen molar-refractivity contribution in [3.05, 3.63) is 0 Å². The molecule has 0 aromatic carbocycles. The predicted octanol–water partition coefficient (Wildman–Crippen LogP) is 0.629. The molecule has 2 N–H and O–H groups in total. The van der Waals surface area contributed by atoms with Gasteiger partial charge in [0.1, 0.15) is 6.10 Å². The third-order valence-corrected chi connectivity index (χ3v) is 4.44. The van der Waals surface area contributed by atoms with Crippen LogP contribution in [-0.2, 0) is 9.47 Å². The molecule has 84 valence electrons. The second-order valence-electron chi connectivity index (χ2n) is 3.87. The summed E-state index contributed by atoms with van der Waals surface area (Å²) in [4.78, 5) is 19.2. The summed E-state index contributed by atoms with van der Waals surface area (Å²) in [5.41, 5.74) is 0. The zero-order valence-corrected chi connectivity index (χ0v) is 9.74. The molecule has 1 fully saturated rings. The smallest absolute Gasteiger partial charge is 0.335 e. The molecule has 1 atom stereocenters. The maximum atomic E-state index is 9.61. The van der Waals surface area contributed by atoms with Gasteiger partial charge in [0, 0.05) is 12.7 Å². The van der Waals surface area contributed by atoms with E-state index in [1.54, 1.807) is 0 Å². The first kappa shape index (κ1) is 12.1. The molecule has 0 spiro atoms. The van der Waals surface area contributed by atoms with Gasteiger partial charge in [-0.25, -0.2) is 0 Å². The molecule has 1 aliphatic heterocycles. The van der Waals surface area contributed by atoms with Crippen molar-refractivity contribution < 1.29 is 19.1 Å². The highest BCUT2D eigenvalue weighted by atomic mass is 28.4. The standard InChI is InChI=1S/C9H20O4Si/c1-2-3-5-14(10,11)6-4-12-7-9-8-13-9/h9-11H,2-8H2,1H3. The van der Waals surface area contributed by atoms with Crippen molar-refractivity contribution in [1.29, 1.82) is 0 Å². The molecule has 1 saturated heterocycles. The number of hydrogen-bond donors (Lipinski definition) is 2. The molecule has 0 radical (unpaired) electrons. The summed E-state index contributed by atoms with van der Waals surface area (Å²) in [7, 11) is -2.94. The fourth-order valence-corrected chi connectivity index (χ4v) is 2.84. The second-order valence-corrected chi connectivity index (χ2v) is 6.83. The van der Waals surface area contributed by atoms with Crippen LogP contribution in [-0.4, -0.2) is 44.1 Å². The van der Waals surface area contributed by atoms with Crippen LogP contribution in [0.25, 0.3) is 0 Å². The van der Waals surface area contributed by atoms with E-state index in [2.05, 4.69) is 0 Å². The first-order chi connectivity index (χ1) is 6.64. The Kier molecular flexibility index (Phi) is 5.04. The molecular formula is C9H20O4Si. The van der Waals surface area contributed by atoms with E-state index in [1.807, 2.05) is 6.92 Å². The minimum atomic E-state index is -2.94. The van der Waals surface area contributed by atoms with Gasteiger partial charge in [0.05, 0.1) is 13.2 Å². The average Bonchev–Trinajstić information content (AvgIpc) is 2.93. The molecule has 0 aromatic heterocycles. The molecule has 0 bridgehead atoms. The van der Waals surface area contributed by atoms with Crippen molar-refractivity contribution in [2.24, 2.45) is 0 Å². The topological polar surface area (TPSA) is 62.2 Å². The van der Waals surface area contributed by atoms with Gasteiger partial charge >= 0.3 is 8.56 Å². The first-order valence-electron chi connectivity index (χ1n) is 5.28. The fraction of sp³-hybridized carbons (Fsp3) is 1.00. The van der Waals surface area contributed by atoms with Crippen LogP contribution in [0.4, 0.5) is 0 Å². The summed E-state index contributed by atoms with van der Waals surface area (Å²) in [6.07, 6.45) is 2.16. The normalized spacial score (nSPS) is 21.2. The first-order valence-corrected chi connectivity index (χ1v) is 7.59. The van der Waals surface area contributed by atoms with E-state index in [0.717, 1.165) is 19.4 Å². The van der Waals surface area contributed by atoms with Crippen molar-refractivity contribution >= 4 is 8.56 Å². The van der Waals surface area contributed by atoms with E-state index in [0.29, 0.717) is 25.3 Å². The van der Waals surface area contributed by atoms with Crippen LogP contribution in [0.5, 0.6) is 0 Å². The van der Waals surface area contributed by atoms with E-state index >= 15 is 0 Å². The van der Waals surface area contributed by atoms with Crippen molar-refractivity contribution in [2.75, 3.05) is 19.8 Å². The Morgan fingerprint density at radius 1 is 1.43 bits per heavy atom. The molecule has 1 aliphatic rings. The average molecular weight is 220 g/mol. The second kappa shape index (κ2) is 5.82. The van der Waals surface area contributed by atoms with Gasteiger partial charge in [-0.15, -0.1) is 0 Å². The summed E-state index contributed by atoms with van der Waals surface area (Å²) in [5.74, 6) is 0. The molecule has 0 saturated carbocycles. The lowest BCUT2D eigenvalue weighted by atomic mass is 10.4. The lowest BCUT2D eigenvalue weighted by molar-refractivity contribution is 0.122. The van der Waals surface area contributed by atoms with Gasteiger partial charge < -0.3 is 19.1 Å². The fourth-order valence-electron chi connectivity index (χ4n) is 1.20. The Morgan fingerprint density at radius 3 is 2.71 bits per heavy atom. The van der Waals surface area contributed by atoms with Crippen LogP contribution in [0.1, 0.15) is 19.8 Å². The van der Waals surface area contributed by atoms with Crippen molar-refractivity contribution in [1.82, 2.24) is 0 Å². The summed E-state index contributed by atoms with van der Waals surface area (Å²) in [6.45, 7) is 3.88. The zero-order valence-electron chi connectivity index (χ0n) is 8.74. The lowest BCUT2D eigenvalue weighted by Crippen LogP contribution is -2.35. The molecule has 1 rings (SSSR count). The summed E-state index contributed by atoms with van der Waals surface area (Å²) in [6, 6.07) is 0.979. The van der Waals surface area contributed by atoms with Crippen LogP contribution in [0, 0.1) is 0 Å². The Balaban J connectivity index is 1.96. The van der Waals surface area contributed by atoms with E-state index in [1.165, 1.54) is 0 Å². The number of hydrogen-bond acceptors (Lipinski definition) is 4. The molecule has 0 aliphatic carbocycles. The minimum Gasteiger partial charge on any atom is -0.411 e. The van der Waals surface area contributed by atoms with Gasteiger partial charge in [0.25, 0.3) is 0 Å². The van der Waals surface area contributed by atoms with Crippen molar-refractivity contribution in [3.8, 4) is 0 Å². The lowest BCUT2D eigenvalue weighted by Gasteiger charge is -2.17. The largest absolute Gasteiger partial charge is 0.411 e. The highest BCUT2D eigenvalue weighted by Crippen LogP contribution is 2.14. The molecule has 0 aromatic rings. The SMILES string of the molecule is CCCC[Si](O)(O)CCOCC1CO1. The molecule has 1 unspecified atom stereocenters. The van der Waals surface area contributed by atoms with Gasteiger partial charge in [-0.3, -0.25) is 0 Å². The molecule has 0 amide bonds. The highest BCUT2D eigenvalue weighted by molar-refractivity contribution is 6.64. The summed E-state index contributed by atoms with van der Waals surface area (Å²) < 4.78 is 10.2. The van der Waals surface area contributed by atoms with Gasteiger partial charge in [0.15, 0.2) is 0 Å². The van der Waals surface area contributed by atoms with E-state index < -0.39 is 8.56 Å². The van der Waals surface area contributed by atoms with Crippen LogP contribution in [0.15, 0.2) is 0 Å². The van der Waals surface area contributed by atoms with Crippen molar-refractivity contribution in [2.45, 2.75) is 38.0 Å². The number of epoxide rings is 1. The Morgan fingerprint density at radius 2 is 2.14 bits per heavy atom. The molecule has 4 nitrogen and oxygen atoms in total. The van der Waals surface area contributed by atoms with Crippen LogP contribution in [0.3, 0.4) is 0 Å². The Hall–Kier alpha value is 0.0569. The van der Waals surface area contributed by atoms with Crippen LogP contribution < -0.4 is 0 Å². The summed E-state index contributed by atoms with van der Waals surface area (Å²) in [5, 5.41) is 0. The zero-order chi connectivity index (χ0) is 10.4. The Bertz CT molecular complexity index is 159. The minimum absolute atomic E-state index is 0.263. The highest BCUT2D eigenvalue weighted by Gasteiger charge is 2.28. The number of rotatable bonds is 8. The van der Waals surface area contributed by atoms with E-state index in [-0.39, 0.29) is 6.10 Å². The predicted molar refractivity (Wildman–Crippen MR) is 55.3 cm³/mol. The monoisotopic (exact) mass is 220 g/mol. The third-order valence-electron chi connectivity index (χ3n) is 2.28. The van der Waals surface area contributed by atoms with E-state index in [9.17, 15) is 9.59 Å². The maximum Gasteiger partial charge on any atom is 0.335 e. The number of ether oxygens (including phenoxy) is 2. The van der Waals surface area contributed by atoms with Gasteiger partial charge in [-0.2, -0.15) is 0 Å². The molecular weight excluding hydrogens is 200 g/mol. The van der Waals surface area contributed by atoms with Gasteiger partial charge in [0.2, 0.25) is 0 Å². The molecule has 1 heterocycles. The summed E-state index contributed by atoms with van der Waals surface area (Å²) >= 11 is 0. The van der Waals surface area contributed by atoms with Crippen molar-refractivity contribution in [3.63, 3.8) is 0 Å². The number of unbranched alkanes of at least 4 members (excludes halogenated alkanes) is 1. The quantitative estimate of drug-likeness (QED) is 0.358.